The number of carboxylic acids is 1. The number of carboxylic acid groups (broad SMARTS) is 1. The molecule has 1 unspecified atom stereocenters. The maximum atomic E-state index is 10.7. The Labute approximate surface area is 125 Å². The van der Waals surface area contributed by atoms with Gasteiger partial charge in [-0.1, -0.05) is 35.0 Å². The van der Waals surface area contributed by atoms with Gasteiger partial charge < -0.3 is 10.4 Å². The minimum atomic E-state index is -0.836. The van der Waals surface area contributed by atoms with Crippen LogP contribution >= 0.6 is 15.9 Å². The molecule has 2 rings (SSSR count). The lowest BCUT2D eigenvalue weighted by Gasteiger charge is -2.08. The van der Waals surface area contributed by atoms with Crippen molar-refractivity contribution in [1.29, 1.82) is 0 Å². The van der Waals surface area contributed by atoms with Crippen LogP contribution in [0.25, 0.3) is 11.3 Å². The first-order valence-corrected chi connectivity index (χ1v) is 6.92. The first-order chi connectivity index (χ1) is 9.56. The highest BCUT2D eigenvalue weighted by Crippen LogP contribution is 2.19. The van der Waals surface area contributed by atoms with Crippen LogP contribution in [0, 0.1) is 5.92 Å². The van der Waals surface area contributed by atoms with Gasteiger partial charge in [0.1, 0.15) is 5.82 Å². The van der Waals surface area contributed by atoms with E-state index in [0.29, 0.717) is 12.4 Å². The van der Waals surface area contributed by atoms with Gasteiger partial charge >= 0.3 is 5.97 Å². The van der Waals surface area contributed by atoms with Crippen LogP contribution in [-0.4, -0.2) is 27.8 Å². The largest absolute Gasteiger partial charge is 0.481 e. The molecule has 1 heterocycles. The molecule has 0 radical (unpaired) electrons. The number of nitrogens with zero attached hydrogens (tertiary/aromatic N) is 2. The summed E-state index contributed by atoms with van der Waals surface area (Å²) >= 11 is 3.38. The summed E-state index contributed by atoms with van der Waals surface area (Å²) in [5.74, 6) is -0.737. The normalized spacial score (nSPS) is 11.9. The summed E-state index contributed by atoms with van der Waals surface area (Å²) < 4.78 is 1.01. The molecule has 0 aliphatic carbocycles. The van der Waals surface area contributed by atoms with Crippen LogP contribution < -0.4 is 5.32 Å². The molecule has 0 spiro atoms. The summed E-state index contributed by atoms with van der Waals surface area (Å²) in [6.07, 6.45) is 0. The van der Waals surface area contributed by atoms with Crippen LogP contribution in [0.1, 0.15) is 6.92 Å². The van der Waals surface area contributed by atoms with E-state index in [2.05, 4.69) is 31.4 Å². The number of rotatable bonds is 5. The molecule has 20 heavy (non-hydrogen) atoms. The minimum Gasteiger partial charge on any atom is -0.481 e. The third kappa shape index (κ3) is 3.77. The van der Waals surface area contributed by atoms with Crippen LogP contribution in [0.15, 0.2) is 40.9 Å². The van der Waals surface area contributed by atoms with Gasteiger partial charge in [0, 0.05) is 16.6 Å². The SMILES string of the molecule is CC(CNc1ccc(-c2ccc(Br)cc2)nn1)C(=O)O. The fraction of sp³-hybridized carbons (Fsp3) is 0.214. The Morgan fingerprint density at radius 1 is 1.25 bits per heavy atom. The topological polar surface area (TPSA) is 75.1 Å². The molecule has 1 atom stereocenters. The highest BCUT2D eigenvalue weighted by Gasteiger charge is 2.10. The lowest BCUT2D eigenvalue weighted by Crippen LogP contribution is -2.20. The van der Waals surface area contributed by atoms with Gasteiger partial charge in [-0.25, -0.2) is 0 Å². The first-order valence-electron chi connectivity index (χ1n) is 6.12. The second-order valence-corrected chi connectivity index (χ2v) is 5.35. The number of benzene rings is 1. The van der Waals surface area contributed by atoms with Crippen LogP contribution in [0.3, 0.4) is 0 Å². The van der Waals surface area contributed by atoms with E-state index in [4.69, 9.17) is 5.11 Å². The zero-order valence-electron chi connectivity index (χ0n) is 10.9. The number of carbonyl (C=O) groups is 1. The molecule has 0 amide bonds. The van der Waals surface area contributed by atoms with Crippen molar-refractivity contribution in [3.63, 3.8) is 0 Å². The number of aromatic nitrogens is 2. The first kappa shape index (κ1) is 14.5. The van der Waals surface area contributed by atoms with Gasteiger partial charge in [0.15, 0.2) is 0 Å². The van der Waals surface area contributed by atoms with Crippen molar-refractivity contribution < 1.29 is 9.90 Å². The van der Waals surface area contributed by atoms with E-state index in [1.165, 1.54) is 0 Å². The van der Waals surface area contributed by atoms with E-state index in [1.54, 1.807) is 13.0 Å². The molecule has 1 aromatic heterocycles. The highest BCUT2D eigenvalue weighted by molar-refractivity contribution is 9.10. The van der Waals surface area contributed by atoms with E-state index < -0.39 is 11.9 Å². The molecule has 104 valence electrons. The molecule has 0 aliphatic heterocycles. The number of aliphatic carboxylic acids is 1. The van der Waals surface area contributed by atoms with Crippen LogP contribution in [0.2, 0.25) is 0 Å². The number of hydrogen-bond donors (Lipinski definition) is 2. The highest BCUT2D eigenvalue weighted by atomic mass is 79.9. The van der Waals surface area contributed by atoms with E-state index in [9.17, 15) is 4.79 Å². The van der Waals surface area contributed by atoms with Crippen LogP contribution in [-0.2, 0) is 4.79 Å². The van der Waals surface area contributed by atoms with Crippen molar-refractivity contribution in [3.8, 4) is 11.3 Å². The third-order valence-electron chi connectivity index (χ3n) is 2.82. The lowest BCUT2D eigenvalue weighted by atomic mass is 10.1. The van der Waals surface area contributed by atoms with Crippen molar-refractivity contribution >= 4 is 27.7 Å². The molecule has 2 N–H and O–H groups in total. The van der Waals surface area contributed by atoms with Crippen molar-refractivity contribution in [2.45, 2.75) is 6.92 Å². The second-order valence-electron chi connectivity index (χ2n) is 4.43. The summed E-state index contributed by atoms with van der Waals surface area (Å²) in [5.41, 5.74) is 1.75. The Hall–Kier alpha value is -1.95. The van der Waals surface area contributed by atoms with Crippen molar-refractivity contribution in [1.82, 2.24) is 10.2 Å². The van der Waals surface area contributed by atoms with Crippen LogP contribution in [0.5, 0.6) is 0 Å². The average Bonchev–Trinajstić information content (AvgIpc) is 2.46. The van der Waals surface area contributed by atoms with Crippen molar-refractivity contribution in [2.75, 3.05) is 11.9 Å². The van der Waals surface area contributed by atoms with E-state index in [1.807, 2.05) is 30.3 Å². The fourth-order valence-electron chi connectivity index (χ4n) is 1.55. The molecule has 0 saturated heterocycles. The monoisotopic (exact) mass is 335 g/mol. The Balaban J connectivity index is 2.03. The van der Waals surface area contributed by atoms with Gasteiger partial charge in [-0.05, 0) is 24.3 Å². The van der Waals surface area contributed by atoms with Gasteiger partial charge in [-0.2, -0.15) is 0 Å². The molecule has 2 aromatic rings. The Kier molecular flexibility index (Phi) is 4.68. The number of anilines is 1. The molecule has 5 nitrogen and oxygen atoms in total. The summed E-state index contributed by atoms with van der Waals surface area (Å²) in [7, 11) is 0. The number of halogens is 1. The molecular weight excluding hydrogens is 322 g/mol. The fourth-order valence-corrected chi connectivity index (χ4v) is 1.81. The summed E-state index contributed by atoms with van der Waals surface area (Å²) in [5, 5.41) is 19.9. The zero-order valence-corrected chi connectivity index (χ0v) is 12.5. The Morgan fingerprint density at radius 2 is 1.95 bits per heavy atom. The quantitative estimate of drug-likeness (QED) is 0.878. The molecular formula is C14H14BrN3O2. The predicted octanol–water partition coefficient (Wildman–Crippen LogP) is 3.04. The van der Waals surface area contributed by atoms with Crippen LogP contribution in [0.4, 0.5) is 5.82 Å². The average molecular weight is 336 g/mol. The molecule has 0 saturated carbocycles. The van der Waals surface area contributed by atoms with Gasteiger partial charge in [-0.3, -0.25) is 4.79 Å². The Morgan fingerprint density at radius 3 is 2.50 bits per heavy atom. The Bertz CT molecular complexity index is 584. The smallest absolute Gasteiger partial charge is 0.308 e. The molecule has 0 fully saturated rings. The second kappa shape index (κ2) is 6.47. The van der Waals surface area contributed by atoms with Gasteiger partial charge in [-0.15, -0.1) is 10.2 Å². The molecule has 0 aliphatic rings. The van der Waals surface area contributed by atoms with Crippen molar-refractivity contribution in [2.24, 2.45) is 5.92 Å². The minimum absolute atomic E-state index is 0.321. The standard InChI is InChI=1S/C14H14BrN3O2/c1-9(14(19)20)8-16-13-7-6-12(17-18-13)10-2-4-11(15)5-3-10/h2-7,9H,8H2,1H3,(H,16,18)(H,19,20). The number of hydrogen-bond acceptors (Lipinski definition) is 4. The molecule has 1 aromatic carbocycles. The van der Waals surface area contributed by atoms with Crippen molar-refractivity contribution in [3.05, 3.63) is 40.9 Å². The summed E-state index contributed by atoms with van der Waals surface area (Å²) in [6.45, 7) is 1.96. The van der Waals surface area contributed by atoms with E-state index >= 15 is 0 Å². The van der Waals surface area contributed by atoms with E-state index in [-0.39, 0.29) is 0 Å². The van der Waals surface area contributed by atoms with E-state index in [0.717, 1.165) is 15.7 Å². The zero-order chi connectivity index (χ0) is 14.5. The third-order valence-corrected chi connectivity index (χ3v) is 3.34. The molecule has 0 bridgehead atoms. The maximum absolute atomic E-state index is 10.7. The summed E-state index contributed by atoms with van der Waals surface area (Å²) in [6, 6.07) is 11.4. The maximum Gasteiger partial charge on any atom is 0.308 e. The summed E-state index contributed by atoms with van der Waals surface area (Å²) in [4.78, 5) is 10.7. The molecule has 6 heteroatoms. The number of nitrogens with one attached hydrogen (secondary N) is 1. The lowest BCUT2D eigenvalue weighted by molar-refractivity contribution is -0.140. The van der Waals surface area contributed by atoms with Gasteiger partial charge in [0.2, 0.25) is 0 Å². The van der Waals surface area contributed by atoms with Gasteiger partial charge in [0.25, 0.3) is 0 Å². The van der Waals surface area contributed by atoms with Gasteiger partial charge in [0.05, 0.1) is 11.6 Å². The predicted molar refractivity (Wildman–Crippen MR) is 80.5 cm³/mol.